The third-order valence-electron chi connectivity index (χ3n) is 17.7. The number of anilines is 2. The maximum absolute atomic E-state index is 13.0. The van der Waals surface area contributed by atoms with E-state index in [2.05, 4.69) is 123 Å². The van der Waals surface area contributed by atoms with Crippen molar-refractivity contribution in [1.82, 2.24) is 78.8 Å². The van der Waals surface area contributed by atoms with E-state index in [0.29, 0.717) is 25.7 Å². The highest BCUT2D eigenvalue weighted by atomic mass is 16.8. The Balaban J connectivity index is 0.520. The molecule has 8 atom stereocenters. The Morgan fingerprint density at radius 2 is 0.968 bits per heavy atom. The number of esters is 2. The second-order valence-electron chi connectivity index (χ2n) is 25.8. The summed E-state index contributed by atoms with van der Waals surface area (Å²) in [7, 11) is 4.38. The van der Waals surface area contributed by atoms with Gasteiger partial charge in [-0.2, -0.15) is 9.97 Å². The predicted octanol–water partition coefficient (Wildman–Crippen LogP) is 5.00. The topological polar surface area (TPSA) is 355 Å². The molecule has 4 fully saturated rings. The Morgan fingerprint density at radius 3 is 1.37 bits per heavy atom. The molecule has 4 saturated heterocycles. The van der Waals surface area contributed by atoms with Crippen LogP contribution >= 0.6 is 0 Å². The number of carbonyl (C=O) groups is 2. The van der Waals surface area contributed by atoms with Crippen LogP contribution in [0.25, 0.3) is 43.9 Å². The minimum Gasteiger partial charge on any atom is -0.463 e. The summed E-state index contributed by atoms with van der Waals surface area (Å²) in [5.41, 5.74) is 15.7. The van der Waals surface area contributed by atoms with Gasteiger partial charge in [-0.25, -0.2) is 9.97 Å². The molecule has 4 aliphatic rings. The minimum atomic E-state index is -0.916. The number of carbonyl (C=O) groups excluding carboxylic acids is 2. The minimum absolute atomic E-state index is 0.0515. The number of aromatic nitrogens is 14. The quantitative estimate of drug-likeness (QED) is 0.0285. The number of nitrogens with zero attached hydrogens (tertiary/aromatic N) is 14. The fraction of sp³-hybridized carbons (Fsp3) is 0.531. The van der Waals surface area contributed by atoms with Gasteiger partial charge < -0.3 is 59.2 Å². The predicted molar refractivity (Wildman–Crippen MR) is 341 cm³/mol. The molecule has 0 spiro atoms. The number of nitrogen functional groups attached to an aromatic ring is 2. The molecule has 498 valence electrons. The highest BCUT2D eigenvalue weighted by Crippen LogP contribution is 2.46. The lowest BCUT2D eigenvalue weighted by Crippen LogP contribution is -2.33. The van der Waals surface area contributed by atoms with Gasteiger partial charge in [0.2, 0.25) is 11.9 Å². The number of fused-ring (bicyclic) bond motifs is 6. The number of aryl methyl sites for hydroxylation is 4. The van der Waals surface area contributed by atoms with Gasteiger partial charge in [0, 0.05) is 51.4 Å². The highest BCUT2D eigenvalue weighted by Gasteiger charge is 2.58. The molecule has 3 aromatic carbocycles. The van der Waals surface area contributed by atoms with E-state index in [-0.39, 0.29) is 72.2 Å². The van der Waals surface area contributed by atoms with Crippen molar-refractivity contribution in [3.8, 4) is 0 Å². The normalized spacial score (nSPS) is 22.2. The molecule has 30 heteroatoms. The van der Waals surface area contributed by atoms with E-state index in [1.807, 2.05) is 21.8 Å². The van der Waals surface area contributed by atoms with Crippen molar-refractivity contribution in [3.05, 3.63) is 117 Å². The number of H-pyrrole nitrogens is 2. The second-order valence-corrected chi connectivity index (χ2v) is 25.8. The summed E-state index contributed by atoms with van der Waals surface area (Å²) in [6.45, 7) is 12.0. The molecule has 94 heavy (non-hydrogen) atoms. The summed E-state index contributed by atoms with van der Waals surface area (Å²) in [6.07, 6.45) is 8.16. The fourth-order valence-electron chi connectivity index (χ4n) is 13.4. The molecule has 0 saturated carbocycles. The number of ether oxygens (including phenoxy) is 8. The van der Waals surface area contributed by atoms with Crippen LogP contribution in [0.2, 0.25) is 0 Å². The van der Waals surface area contributed by atoms with Crippen LogP contribution in [0.4, 0.5) is 11.9 Å². The summed E-state index contributed by atoms with van der Waals surface area (Å²) in [6, 6.07) is 17.6. The summed E-state index contributed by atoms with van der Waals surface area (Å²) >= 11 is 0. The average Bonchev–Trinajstić information content (AvgIpc) is 1.51. The Labute approximate surface area is 539 Å². The van der Waals surface area contributed by atoms with Crippen molar-refractivity contribution in [2.75, 3.05) is 51.9 Å². The standard InChI is InChI=1S/C64H80N18O12/c1-63(2)91-51-45(89-59(53(51)93-63)81-35-67-49-55(81)69-61(65)71-57(49)85)33-87-47(83)23-15-17-37-29-79(75-73-37)27-13-11-25-77(5)31-43-39-19-7-9-21-41(39)44(42-22-10-8-20-40(42)43)32-78(6)26-12-14-28-80-30-38(74-76-80)18-16-24-48(84)88-34-46-52-54(94-64(3,4)92-52)60(90-46)82-36-68-50-56(82)70-62(66)72-58(50)86/h7-10,19-22,29-30,35-36,45-46,51-54,59-60H,11-18,23-28,31-34H2,1-6H3,(H3,65,69,71,85)(H3,66,70,72,86)/t45-,46-,51-,52-,53-,54-,59-,60-/m1/s1. The van der Waals surface area contributed by atoms with Gasteiger partial charge in [0.25, 0.3) is 11.1 Å². The van der Waals surface area contributed by atoms with Gasteiger partial charge >= 0.3 is 11.9 Å². The van der Waals surface area contributed by atoms with Gasteiger partial charge in [-0.3, -0.25) is 47.6 Å². The lowest BCUT2D eigenvalue weighted by atomic mass is 9.91. The number of nitrogens with one attached hydrogen (secondary N) is 2. The zero-order chi connectivity index (χ0) is 65.4. The number of hydrogen-bond donors (Lipinski definition) is 4. The van der Waals surface area contributed by atoms with Gasteiger partial charge in [-0.1, -0.05) is 59.0 Å². The van der Waals surface area contributed by atoms with E-state index in [1.54, 1.807) is 36.8 Å². The first-order valence-electron chi connectivity index (χ1n) is 32.1. The van der Waals surface area contributed by atoms with Crippen LogP contribution in [0.15, 0.2) is 83.2 Å². The maximum atomic E-state index is 13.0. The number of hydrogen-bond acceptors (Lipinski definition) is 24. The van der Waals surface area contributed by atoms with E-state index in [0.717, 1.165) is 76.3 Å². The third kappa shape index (κ3) is 14.0. The van der Waals surface area contributed by atoms with Gasteiger partial charge in [-0.15, -0.1) is 10.2 Å². The summed E-state index contributed by atoms with van der Waals surface area (Å²) in [5, 5.41) is 22.6. The summed E-state index contributed by atoms with van der Waals surface area (Å²) < 4.78 is 55.8. The van der Waals surface area contributed by atoms with Crippen molar-refractivity contribution >= 4 is 67.7 Å². The van der Waals surface area contributed by atoms with Crippen LogP contribution < -0.4 is 22.6 Å². The smallest absolute Gasteiger partial charge is 0.305 e. The molecule has 0 aliphatic carbocycles. The monoisotopic (exact) mass is 1290 g/mol. The van der Waals surface area contributed by atoms with Crippen molar-refractivity contribution < 1.29 is 47.5 Å². The van der Waals surface area contributed by atoms with Crippen LogP contribution in [0.5, 0.6) is 0 Å². The zero-order valence-corrected chi connectivity index (χ0v) is 53.6. The molecule has 10 heterocycles. The van der Waals surface area contributed by atoms with Gasteiger partial charge in [0.15, 0.2) is 46.4 Å². The molecule has 6 aromatic heterocycles. The average molecular weight is 1290 g/mol. The van der Waals surface area contributed by atoms with Crippen LogP contribution in [0.1, 0.15) is 114 Å². The molecule has 13 rings (SSSR count). The number of rotatable bonds is 28. The Morgan fingerprint density at radius 1 is 0.574 bits per heavy atom. The first-order chi connectivity index (χ1) is 45.3. The molecule has 6 N–H and O–H groups in total. The van der Waals surface area contributed by atoms with Crippen LogP contribution in [0, 0.1) is 0 Å². The summed E-state index contributed by atoms with van der Waals surface area (Å²) in [4.78, 5) is 77.6. The number of aromatic amines is 2. The number of imidazole rings is 2. The molecular formula is C64H80N18O12. The molecule has 0 bridgehead atoms. The van der Waals surface area contributed by atoms with Crippen molar-refractivity contribution in [1.29, 1.82) is 0 Å². The van der Waals surface area contributed by atoms with Crippen molar-refractivity contribution in [2.24, 2.45) is 0 Å². The number of benzene rings is 3. The second kappa shape index (κ2) is 27.0. The molecule has 0 unspecified atom stereocenters. The highest BCUT2D eigenvalue weighted by molar-refractivity contribution is 6.05. The lowest BCUT2D eigenvalue weighted by molar-refractivity contribution is -0.202. The molecule has 9 aromatic rings. The van der Waals surface area contributed by atoms with Gasteiger partial charge in [-0.05, 0) is 139 Å². The van der Waals surface area contributed by atoms with Gasteiger partial charge in [0.05, 0.1) is 24.0 Å². The molecule has 4 aliphatic heterocycles. The van der Waals surface area contributed by atoms with Crippen LogP contribution in [0.3, 0.4) is 0 Å². The van der Waals surface area contributed by atoms with Crippen LogP contribution in [-0.4, -0.2) is 179 Å². The van der Waals surface area contributed by atoms with E-state index in [9.17, 15) is 19.2 Å². The fourth-order valence-corrected chi connectivity index (χ4v) is 13.4. The first-order valence-corrected chi connectivity index (χ1v) is 32.1. The SMILES string of the molecule is CN(CCCCn1cc(CCCC(=O)OC[C@H]2O[C@@H](n3cnc4c(=O)[nH]c(N)nc43)[C@@H]3OC(C)(C)O[C@@H]32)nn1)Cc1c2ccccc2c(CN(C)CCCCn2cc(CCCC(=O)OC[C@H]3O[C@@H](n4cnc5c(=O)[nH]c(N)nc54)[C@@H]4OC(C)(C)O[C@@H]43)nn2)c2ccccc12. The molecule has 0 amide bonds. The van der Waals surface area contributed by atoms with E-state index < -0.39 is 71.8 Å². The van der Waals surface area contributed by atoms with E-state index >= 15 is 0 Å². The Bertz CT molecular complexity index is 4000. The Kier molecular flexibility index (Phi) is 18.4. The zero-order valence-electron chi connectivity index (χ0n) is 53.6. The van der Waals surface area contributed by atoms with Gasteiger partial charge in [0.1, 0.15) is 49.8 Å². The first kappa shape index (κ1) is 64.1. The van der Waals surface area contributed by atoms with Crippen molar-refractivity contribution in [2.45, 2.75) is 179 Å². The third-order valence-corrected chi connectivity index (χ3v) is 17.7. The molecular weight excluding hydrogens is 1210 g/mol. The van der Waals surface area contributed by atoms with Crippen molar-refractivity contribution in [3.63, 3.8) is 0 Å². The lowest BCUT2D eigenvalue weighted by Gasteiger charge is -2.24. The van der Waals surface area contributed by atoms with Crippen LogP contribution in [-0.2, 0) is 86.5 Å². The van der Waals surface area contributed by atoms with E-state index in [4.69, 9.17) is 49.4 Å². The number of nitrogens with two attached hydrogens (primary N) is 2. The largest absolute Gasteiger partial charge is 0.463 e. The number of unbranched alkanes of at least 4 members (excludes halogenated alkanes) is 2. The summed E-state index contributed by atoms with van der Waals surface area (Å²) in [5.74, 6) is -2.68. The van der Waals surface area contributed by atoms with E-state index in [1.165, 1.54) is 45.3 Å². The maximum Gasteiger partial charge on any atom is 0.305 e. The molecule has 30 nitrogen and oxygen atoms in total. The Hall–Kier alpha value is -8.62. The molecule has 0 radical (unpaired) electrons.